The average molecular weight is 938 g/mol. The number of hydrogen-bond donors (Lipinski definition) is 0. The lowest BCUT2D eigenvalue weighted by molar-refractivity contribution is 0.486. The summed E-state index contributed by atoms with van der Waals surface area (Å²) < 4.78 is 27.9. The Morgan fingerprint density at radius 2 is 1.11 bits per heavy atom. The van der Waals surface area contributed by atoms with Gasteiger partial charge in [0.1, 0.15) is 39.7 Å². The number of pyridine rings is 1. The van der Waals surface area contributed by atoms with E-state index < -0.39 is 0 Å². The van der Waals surface area contributed by atoms with Crippen LogP contribution in [0, 0.1) is 0 Å². The highest BCUT2D eigenvalue weighted by molar-refractivity contribution is 7.23. The van der Waals surface area contributed by atoms with Crippen LogP contribution in [0.3, 0.4) is 0 Å². The molecule has 0 unspecified atom stereocenters. The smallest absolute Gasteiger partial charge is 0.261 e. The third-order valence-electron chi connectivity index (χ3n) is 15.2. The Morgan fingerprint density at radius 1 is 0.479 bits per heavy atom. The number of para-hydroxylation sites is 2. The molecule has 7 aromatic carbocycles. The number of hydrogen-bond acceptors (Lipinski definition) is 8. The zero-order valence-corrected chi connectivity index (χ0v) is 40.9. The van der Waals surface area contributed by atoms with Crippen molar-refractivity contribution < 1.29 is 18.3 Å². The van der Waals surface area contributed by atoms with Gasteiger partial charge in [0, 0.05) is 79.3 Å². The molecule has 15 rings (SSSR count). The average Bonchev–Trinajstić information content (AvgIpc) is 4.09. The van der Waals surface area contributed by atoms with Crippen molar-refractivity contribution in [1.29, 1.82) is 0 Å². The van der Waals surface area contributed by atoms with Gasteiger partial charge < -0.3 is 23.2 Å². The van der Waals surface area contributed by atoms with E-state index in [-0.39, 0.29) is 24.3 Å². The highest BCUT2D eigenvalue weighted by atomic mass is 32.1. The fraction of sp³-hybridized carbons (Fsp3) is 0.131. The summed E-state index contributed by atoms with van der Waals surface area (Å²) in [5.74, 6) is 4.08. The van der Waals surface area contributed by atoms with Gasteiger partial charge in [0.05, 0.1) is 5.00 Å². The van der Waals surface area contributed by atoms with Crippen LogP contribution in [0.2, 0.25) is 0 Å². The second-order valence-corrected chi connectivity index (χ2v) is 22.6. The third-order valence-corrected chi connectivity index (χ3v) is 16.4. The number of rotatable bonds is 3. The summed E-state index contributed by atoms with van der Waals surface area (Å²) in [4.78, 5) is 10.4. The molecule has 0 radical (unpaired) electrons. The molecule has 8 heterocycles. The van der Waals surface area contributed by atoms with E-state index in [4.69, 9.17) is 18.3 Å². The Hall–Kier alpha value is -7.94. The Kier molecular flexibility index (Phi) is 8.26. The Morgan fingerprint density at radius 3 is 1.77 bits per heavy atom. The molecular weight excluding hydrogens is 892 g/mol. The summed E-state index contributed by atoms with van der Waals surface area (Å²) in [6.45, 7) is 13.5. The topological polar surface area (TPSA) is 64.1 Å². The third kappa shape index (κ3) is 5.88. The number of aromatic nitrogens is 1. The van der Waals surface area contributed by atoms with Crippen LogP contribution in [-0.2, 0) is 10.8 Å². The van der Waals surface area contributed by atoms with Crippen LogP contribution in [-0.4, -0.2) is 18.4 Å². The second kappa shape index (κ2) is 14.3. The Bertz CT molecular complexity index is 4040. The van der Waals surface area contributed by atoms with Crippen molar-refractivity contribution in [3.8, 4) is 33.4 Å². The molecule has 0 amide bonds. The summed E-state index contributed by atoms with van der Waals surface area (Å²) in [7, 11) is 0. The molecule has 4 aromatic heterocycles. The van der Waals surface area contributed by atoms with Crippen LogP contribution < -0.4 is 52.1 Å². The summed E-state index contributed by atoms with van der Waals surface area (Å²) in [5.41, 5.74) is 17.0. The van der Waals surface area contributed by atoms with Gasteiger partial charge in [-0.25, -0.2) is 0 Å². The van der Waals surface area contributed by atoms with Crippen molar-refractivity contribution in [2.45, 2.75) is 52.4 Å². The van der Waals surface area contributed by atoms with E-state index in [9.17, 15) is 0 Å². The van der Waals surface area contributed by atoms with E-state index in [0.717, 1.165) is 117 Å². The fourth-order valence-corrected chi connectivity index (χ4v) is 12.9. The minimum absolute atomic E-state index is 0.0761. The summed E-state index contributed by atoms with van der Waals surface area (Å²) in [6, 6.07) is 54.4. The number of anilines is 6. The van der Waals surface area contributed by atoms with E-state index in [1.807, 2.05) is 18.5 Å². The molecule has 0 saturated heterocycles. The second-order valence-electron chi connectivity index (χ2n) is 21.5. The molecule has 71 heavy (non-hydrogen) atoms. The zero-order valence-electron chi connectivity index (χ0n) is 40.1. The summed E-state index contributed by atoms with van der Waals surface area (Å²) in [5, 5.41) is 4.33. The maximum absolute atomic E-state index is 7.09. The molecule has 0 aliphatic carbocycles. The van der Waals surface area contributed by atoms with E-state index in [0.29, 0.717) is 0 Å². The molecule has 0 bridgehead atoms. The van der Waals surface area contributed by atoms with Gasteiger partial charge in [0.15, 0.2) is 0 Å². The van der Waals surface area contributed by atoms with Crippen molar-refractivity contribution in [2.24, 2.45) is 0 Å². The number of fused-ring (bicyclic) bond motifs is 13. The van der Waals surface area contributed by atoms with Gasteiger partial charge in [-0.1, -0.05) is 114 Å². The van der Waals surface area contributed by atoms with Crippen molar-refractivity contribution in [2.75, 3.05) is 9.80 Å². The lowest BCUT2D eigenvalue weighted by Gasteiger charge is -2.38. The van der Waals surface area contributed by atoms with Crippen LogP contribution in [0.1, 0.15) is 52.7 Å². The predicted octanol–water partition coefficient (Wildman–Crippen LogP) is 12.9. The standard InChI is InChI=1S/C61H45B2N3O4S/c1-60(2,3)35-25-36(61(4,5)6)27-38(26-35)65-45-19-12-23-49-57(45)63(55-39-18-10-11-21-47(39)70-58(55)65)43-29-41-40-28-42-52(31-50(40)69-51(41)32-53(43)68-49)67-48-22-13-20-46-56(48)62(42)44-30-54(34-15-14-24-64-33-34)71-59(44)66(46)37-16-8-7-9-17-37/h7-33H,1-6H3. The lowest BCUT2D eigenvalue weighted by Crippen LogP contribution is -2.59. The van der Waals surface area contributed by atoms with Crippen molar-refractivity contribution >= 4 is 124 Å². The summed E-state index contributed by atoms with van der Waals surface area (Å²) >= 11 is 1.81. The highest BCUT2D eigenvalue weighted by Crippen LogP contribution is 2.49. The van der Waals surface area contributed by atoms with Gasteiger partial charge >= 0.3 is 0 Å². The van der Waals surface area contributed by atoms with E-state index in [1.54, 1.807) is 11.3 Å². The normalized spacial score (nSPS) is 14.2. The monoisotopic (exact) mass is 937 g/mol. The lowest BCUT2D eigenvalue weighted by atomic mass is 9.34. The van der Waals surface area contributed by atoms with Gasteiger partial charge in [-0.15, -0.1) is 11.3 Å². The molecule has 4 aliphatic rings. The van der Waals surface area contributed by atoms with Crippen LogP contribution in [0.25, 0.3) is 43.3 Å². The summed E-state index contributed by atoms with van der Waals surface area (Å²) in [6.07, 6.45) is 3.79. The molecule has 0 saturated carbocycles. The zero-order chi connectivity index (χ0) is 47.7. The van der Waals surface area contributed by atoms with Crippen molar-refractivity contribution in [1.82, 2.24) is 4.98 Å². The van der Waals surface area contributed by atoms with Gasteiger partial charge in [0.25, 0.3) is 13.4 Å². The maximum atomic E-state index is 7.09. The quantitative estimate of drug-likeness (QED) is 0.164. The molecule has 10 heteroatoms. The maximum Gasteiger partial charge on any atom is 0.261 e. The molecule has 4 aliphatic heterocycles. The first-order valence-electron chi connectivity index (χ1n) is 24.5. The Labute approximate surface area is 416 Å². The number of nitrogens with zero attached hydrogens (tertiary/aromatic N) is 3. The largest absolute Gasteiger partial charge is 0.458 e. The molecule has 7 nitrogen and oxygen atoms in total. The van der Waals surface area contributed by atoms with E-state index in [2.05, 4.69) is 202 Å². The van der Waals surface area contributed by atoms with Crippen LogP contribution in [0.5, 0.6) is 23.0 Å². The van der Waals surface area contributed by atoms with Gasteiger partial charge in [-0.05, 0) is 116 Å². The number of ether oxygens (including phenoxy) is 2. The van der Waals surface area contributed by atoms with Crippen molar-refractivity contribution in [3.63, 3.8) is 0 Å². The molecule has 11 aromatic rings. The SMILES string of the molecule is CC(C)(C)c1cc(N2c3cccc4c3B(c3cc5c(cc3O4)oc3cc4c(cc35)B3c5cc(-c6cccnc6)sc5N(c5ccccc5)c5cccc(c53)O4)c3c2oc2ccccc32)cc(C(C)(C)C)c1. The molecule has 0 fully saturated rings. The molecule has 0 atom stereocenters. The fourth-order valence-electron chi connectivity index (χ4n) is 11.7. The molecule has 0 spiro atoms. The first-order chi connectivity index (χ1) is 34.4. The van der Waals surface area contributed by atoms with E-state index >= 15 is 0 Å². The Balaban J connectivity index is 0.939. The van der Waals surface area contributed by atoms with Crippen molar-refractivity contribution in [3.05, 3.63) is 175 Å². The number of furan rings is 2. The molecular formula is C61H45B2N3O4S. The van der Waals surface area contributed by atoms with E-state index in [1.165, 1.54) is 26.5 Å². The number of thiophene rings is 1. The molecule has 340 valence electrons. The number of benzene rings is 7. The minimum Gasteiger partial charge on any atom is -0.458 e. The van der Waals surface area contributed by atoms with Gasteiger partial charge in [-0.2, -0.15) is 0 Å². The first-order valence-corrected chi connectivity index (χ1v) is 25.3. The van der Waals surface area contributed by atoms with Gasteiger partial charge in [0.2, 0.25) is 5.88 Å². The molecule has 0 N–H and O–H groups in total. The minimum atomic E-state index is -0.181. The van der Waals surface area contributed by atoms with Crippen LogP contribution in [0.15, 0.2) is 173 Å². The predicted molar refractivity (Wildman–Crippen MR) is 294 cm³/mol. The highest BCUT2D eigenvalue weighted by Gasteiger charge is 2.47. The first kappa shape index (κ1) is 40.9. The van der Waals surface area contributed by atoms with Crippen LogP contribution >= 0.6 is 11.3 Å². The van der Waals surface area contributed by atoms with Crippen LogP contribution in [0.4, 0.5) is 33.6 Å². The van der Waals surface area contributed by atoms with Gasteiger partial charge in [-0.3, -0.25) is 9.88 Å².